The van der Waals surface area contributed by atoms with Gasteiger partial charge in [0.25, 0.3) is 0 Å². The molecule has 0 bridgehead atoms. The van der Waals surface area contributed by atoms with Crippen molar-refractivity contribution in [1.29, 1.82) is 0 Å². The second-order valence-electron chi connectivity index (χ2n) is 4.73. The van der Waals surface area contributed by atoms with E-state index in [1.807, 2.05) is 34.6 Å². The third-order valence-corrected chi connectivity index (χ3v) is 1.97. The molecule has 1 aromatic heterocycles. The van der Waals surface area contributed by atoms with E-state index in [-0.39, 0.29) is 6.10 Å². The van der Waals surface area contributed by atoms with Crippen LogP contribution in [-0.2, 0) is 0 Å². The zero-order chi connectivity index (χ0) is 13.1. The van der Waals surface area contributed by atoms with E-state index in [0.717, 1.165) is 5.69 Å². The van der Waals surface area contributed by atoms with Crippen molar-refractivity contribution < 1.29 is 4.74 Å². The lowest BCUT2D eigenvalue weighted by atomic mass is 10.1. The molecule has 4 heteroatoms. The Morgan fingerprint density at radius 2 is 2.06 bits per heavy atom. The van der Waals surface area contributed by atoms with Gasteiger partial charge in [0.1, 0.15) is 0 Å². The van der Waals surface area contributed by atoms with E-state index in [0.29, 0.717) is 11.8 Å². The molecule has 1 heterocycles. The van der Waals surface area contributed by atoms with Crippen LogP contribution in [0, 0.1) is 19.3 Å². The van der Waals surface area contributed by atoms with E-state index in [4.69, 9.17) is 11.2 Å². The van der Waals surface area contributed by atoms with E-state index >= 15 is 0 Å². The number of hydrogen-bond acceptors (Lipinski definition) is 4. The Morgan fingerprint density at radius 1 is 1.41 bits per heavy atom. The highest BCUT2D eigenvalue weighted by Crippen LogP contribution is 2.16. The lowest BCUT2D eigenvalue weighted by Crippen LogP contribution is -2.29. The van der Waals surface area contributed by atoms with E-state index < -0.39 is 5.54 Å². The minimum Gasteiger partial charge on any atom is -0.475 e. The first-order chi connectivity index (χ1) is 7.82. The Labute approximate surface area is 103 Å². The molecule has 0 aliphatic rings. The third kappa shape index (κ3) is 4.31. The molecule has 0 aliphatic heterocycles. The molecule has 0 unspecified atom stereocenters. The largest absolute Gasteiger partial charge is 0.475 e. The number of terminal acetylenes is 1. The molecule has 0 aromatic carbocycles. The van der Waals surface area contributed by atoms with Crippen molar-refractivity contribution >= 4 is 5.95 Å². The SMILES string of the molecule is C#CC(C)(C)Nc1nc(C)cc(OC(C)C)n1. The van der Waals surface area contributed by atoms with E-state index in [9.17, 15) is 0 Å². The Bertz CT molecular complexity index is 433. The number of anilines is 1. The molecule has 0 saturated heterocycles. The van der Waals surface area contributed by atoms with Crippen molar-refractivity contribution in [2.45, 2.75) is 46.3 Å². The summed E-state index contributed by atoms with van der Waals surface area (Å²) in [5, 5.41) is 3.08. The molecule has 0 spiro atoms. The van der Waals surface area contributed by atoms with Gasteiger partial charge < -0.3 is 10.1 Å². The molecule has 1 rings (SSSR count). The minimum atomic E-state index is -0.483. The van der Waals surface area contributed by atoms with Gasteiger partial charge in [-0.25, -0.2) is 4.98 Å². The molecule has 0 atom stereocenters. The first-order valence-electron chi connectivity index (χ1n) is 5.60. The number of aromatic nitrogens is 2. The molecule has 1 aromatic rings. The summed E-state index contributed by atoms with van der Waals surface area (Å²) in [5.74, 6) is 3.69. The average Bonchev–Trinajstić information content (AvgIpc) is 2.14. The van der Waals surface area contributed by atoms with Crippen molar-refractivity contribution in [3.63, 3.8) is 0 Å². The summed E-state index contributed by atoms with van der Waals surface area (Å²) in [6.45, 7) is 9.58. The molecule has 1 N–H and O–H groups in total. The van der Waals surface area contributed by atoms with Crippen LogP contribution in [-0.4, -0.2) is 21.6 Å². The topological polar surface area (TPSA) is 47.0 Å². The average molecular weight is 233 g/mol. The van der Waals surface area contributed by atoms with Gasteiger partial charge in [-0.2, -0.15) is 4.98 Å². The minimum absolute atomic E-state index is 0.0813. The summed E-state index contributed by atoms with van der Waals surface area (Å²) in [7, 11) is 0. The fraction of sp³-hybridized carbons (Fsp3) is 0.538. The van der Waals surface area contributed by atoms with Crippen molar-refractivity contribution in [2.24, 2.45) is 0 Å². The molecule has 0 fully saturated rings. The normalized spacial score (nSPS) is 11.1. The van der Waals surface area contributed by atoms with Crippen molar-refractivity contribution in [3.8, 4) is 18.2 Å². The summed E-state index contributed by atoms with van der Waals surface area (Å²) in [6.07, 6.45) is 5.49. The van der Waals surface area contributed by atoms with Crippen molar-refractivity contribution in [3.05, 3.63) is 11.8 Å². The summed E-state index contributed by atoms with van der Waals surface area (Å²) in [5.41, 5.74) is 0.356. The summed E-state index contributed by atoms with van der Waals surface area (Å²) < 4.78 is 5.54. The highest BCUT2D eigenvalue weighted by molar-refractivity contribution is 5.37. The molecule has 0 aliphatic carbocycles. The number of nitrogens with one attached hydrogen (secondary N) is 1. The highest BCUT2D eigenvalue weighted by atomic mass is 16.5. The zero-order valence-corrected chi connectivity index (χ0v) is 11.0. The van der Waals surface area contributed by atoms with Gasteiger partial charge in [-0.1, -0.05) is 5.92 Å². The van der Waals surface area contributed by atoms with Gasteiger partial charge in [-0.3, -0.25) is 0 Å². The summed E-state index contributed by atoms with van der Waals surface area (Å²) in [4.78, 5) is 8.54. The van der Waals surface area contributed by atoms with E-state index in [1.165, 1.54) is 0 Å². The van der Waals surface area contributed by atoms with Gasteiger partial charge in [0.05, 0.1) is 11.6 Å². The first kappa shape index (κ1) is 13.3. The van der Waals surface area contributed by atoms with Gasteiger partial charge in [-0.05, 0) is 34.6 Å². The highest BCUT2D eigenvalue weighted by Gasteiger charge is 2.15. The summed E-state index contributed by atoms with van der Waals surface area (Å²) >= 11 is 0. The van der Waals surface area contributed by atoms with Crippen LogP contribution >= 0.6 is 0 Å². The quantitative estimate of drug-likeness (QED) is 0.811. The Hall–Kier alpha value is -1.76. The van der Waals surface area contributed by atoms with Crippen molar-refractivity contribution in [1.82, 2.24) is 9.97 Å². The van der Waals surface area contributed by atoms with E-state index in [1.54, 1.807) is 6.07 Å². The predicted molar refractivity (Wildman–Crippen MR) is 69.1 cm³/mol. The number of rotatable bonds is 4. The van der Waals surface area contributed by atoms with Gasteiger partial charge in [0, 0.05) is 11.8 Å². The molecule has 0 saturated carbocycles. The molecular formula is C13H19N3O. The number of nitrogens with zero attached hydrogens (tertiary/aromatic N) is 2. The second-order valence-corrected chi connectivity index (χ2v) is 4.73. The standard InChI is InChI=1S/C13H19N3O/c1-7-13(5,6)16-12-14-10(4)8-11(15-12)17-9(2)3/h1,8-9H,2-6H3,(H,14,15,16). The van der Waals surface area contributed by atoms with Crippen LogP contribution in [0.2, 0.25) is 0 Å². The van der Waals surface area contributed by atoms with Crippen LogP contribution in [0.25, 0.3) is 0 Å². The number of hydrogen-bond donors (Lipinski definition) is 1. The first-order valence-corrected chi connectivity index (χ1v) is 5.60. The lowest BCUT2D eigenvalue weighted by molar-refractivity contribution is 0.232. The lowest BCUT2D eigenvalue weighted by Gasteiger charge is -2.20. The maximum absolute atomic E-state index is 5.54. The van der Waals surface area contributed by atoms with Crippen molar-refractivity contribution in [2.75, 3.05) is 5.32 Å². The smallest absolute Gasteiger partial charge is 0.227 e. The van der Waals surface area contributed by atoms with Crippen LogP contribution in [0.15, 0.2) is 6.07 Å². The van der Waals surface area contributed by atoms with Crippen LogP contribution in [0.3, 0.4) is 0 Å². The van der Waals surface area contributed by atoms with Gasteiger partial charge in [0.2, 0.25) is 11.8 Å². The Balaban J connectivity index is 2.94. The third-order valence-electron chi connectivity index (χ3n) is 1.97. The summed E-state index contributed by atoms with van der Waals surface area (Å²) in [6, 6.07) is 1.80. The molecule has 0 radical (unpaired) electrons. The molecule has 92 valence electrons. The zero-order valence-electron chi connectivity index (χ0n) is 11.0. The van der Waals surface area contributed by atoms with Crippen LogP contribution in [0.1, 0.15) is 33.4 Å². The van der Waals surface area contributed by atoms with Gasteiger partial charge in [-0.15, -0.1) is 6.42 Å². The maximum Gasteiger partial charge on any atom is 0.227 e. The fourth-order valence-corrected chi connectivity index (χ4v) is 1.21. The second kappa shape index (κ2) is 5.05. The maximum atomic E-state index is 5.54. The van der Waals surface area contributed by atoms with Gasteiger partial charge >= 0.3 is 0 Å². The number of ether oxygens (including phenoxy) is 1. The molecule has 0 amide bonds. The Morgan fingerprint density at radius 3 is 2.59 bits per heavy atom. The Kier molecular flexibility index (Phi) is 3.95. The monoisotopic (exact) mass is 233 g/mol. The van der Waals surface area contributed by atoms with E-state index in [2.05, 4.69) is 21.2 Å². The van der Waals surface area contributed by atoms with Crippen LogP contribution in [0.4, 0.5) is 5.95 Å². The fourth-order valence-electron chi connectivity index (χ4n) is 1.21. The predicted octanol–water partition coefficient (Wildman–Crippen LogP) is 2.40. The van der Waals surface area contributed by atoms with Crippen LogP contribution < -0.4 is 10.1 Å². The number of aryl methyl sites for hydroxylation is 1. The molecular weight excluding hydrogens is 214 g/mol. The molecule has 4 nitrogen and oxygen atoms in total. The van der Waals surface area contributed by atoms with Gasteiger partial charge in [0.15, 0.2) is 0 Å². The molecule has 17 heavy (non-hydrogen) atoms. The van der Waals surface area contributed by atoms with Crippen LogP contribution in [0.5, 0.6) is 5.88 Å².